The Morgan fingerprint density at radius 1 is 1.05 bits per heavy atom. The number of hydrogen-bond donors (Lipinski definition) is 0. The molecule has 0 radical (unpaired) electrons. The van der Waals surface area contributed by atoms with Gasteiger partial charge in [0.2, 0.25) is 0 Å². The van der Waals surface area contributed by atoms with Crippen molar-refractivity contribution in [2.45, 2.75) is 20.3 Å². The fraction of sp³-hybridized carbons (Fsp3) is 0.167. The van der Waals surface area contributed by atoms with Crippen molar-refractivity contribution in [3.05, 3.63) is 74.0 Å². The van der Waals surface area contributed by atoms with E-state index in [1.807, 2.05) is 0 Å². The van der Waals surface area contributed by atoms with Crippen molar-refractivity contribution >= 4 is 27.3 Å². The van der Waals surface area contributed by atoms with E-state index in [-0.39, 0.29) is 0 Å². The Kier molecular flexibility index (Phi) is 4.22. The molecule has 3 heteroatoms. The van der Waals surface area contributed by atoms with Gasteiger partial charge in [-0.15, -0.1) is 11.3 Å². The molecule has 1 nitrogen and oxygen atoms in total. The summed E-state index contributed by atoms with van der Waals surface area (Å²) in [5.41, 5.74) is 4.91. The van der Waals surface area contributed by atoms with Gasteiger partial charge in [0.05, 0.1) is 10.7 Å². The lowest BCUT2D eigenvalue weighted by Gasteiger charge is -2.00. The molecule has 1 heterocycles. The smallest absolute Gasteiger partial charge is 0.0979 e. The molecule has 0 saturated heterocycles. The highest BCUT2D eigenvalue weighted by Crippen LogP contribution is 2.29. The first-order valence-electron chi connectivity index (χ1n) is 6.89. The zero-order valence-corrected chi connectivity index (χ0v) is 14.5. The topological polar surface area (TPSA) is 12.9 Å². The summed E-state index contributed by atoms with van der Waals surface area (Å²) in [4.78, 5) is 6.12. The summed E-state index contributed by atoms with van der Waals surface area (Å²) in [5.74, 6) is 0. The maximum absolute atomic E-state index is 4.84. The SMILES string of the molecule is Cc1cccc(Cc2nc(-c3ccc(Br)cc3)c(C)s2)c1. The Morgan fingerprint density at radius 2 is 1.81 bits per heavy atom. The molecule has 0 saturated carbocycles. The molecule has 0 amide bonds. The normalized spacial score (nSPS) is 10.8. The van der Waals surface area contributed by atoms with Gasteiger partial charge in [-0.2, -0.15) is 0 Å². The van der Waals surface area contributed by atoms with Crippen LogP contribution >= 0.6 is 27.3 Å². The summed E-state index contributed by atoms with van der Waals surface area (Å²) in [6.45, 7) is 4.28. The molecule has 0 spiro atoms. The van der Waals surface area contributed by atoms with Gasteiger partial charge in [-0.05, 0) is 31.5 Å². The van der Waals surface area contributed by atoms with Crippen LogP contribution in [0.5, 0.6) is 0 Å². The average molecular weight is 358 g/mol. The standard InChI is InChI=1S/C18H16BrNS/c1-12-4-3-5-14(10-12)11-17-20-18(13(2)21-17)15-6-8-16(19)9-7-15/h3-10H,11H2,1-2H3. The molecule has 3 aromatic rings. The number of rotatable bonds is 3. The maximum atomic E-state index is 4.84. The van der Waals surface area contributed by atoms with E-state index in [9.17, 15) is 0 Å². The molecule has 2 aromatic carbocycles. The summed E-state index contributed by atoms with van der Waals surface area (Å²) in [6.07, 6.45) is 0.906. The van der Waals surface area contributed by atoms with Crippen molar-refractivity contribution < 1.29 is 0 Å². The summed E-state index contributed by atoms with van der Waals surface area (Å²) >= 11 is 5.27. The lowest BCUT2D eigenvalue weighted by atomic mass is 10.1. The second kappa shape index (κ2) is 6.12. The number of aromatic nitrogens is 1. The van der Waals surface area contributed by atoms with Crippen LogP contribution in [0.3, 0.4) is 0 Å². The Labute approximate surface area is 137 Å². The van der Waals surface area contributed by atoms with E-state index in [1.54, 1.807) is 11.3 Å². The molecule has 3 rings (SSSR count). The molecular formula is C18H16BrNS. The van der Waals surface area contributed by atoms with E-state index in [4.69, 9.17) is 4.98 Å². The lowest BCUT2D eigenvalue weighted by molar-refractivity contribution is 1.13. The number of benzene rings is 2. The third-order valence-electron chi connectivity index (χ3n) is 3.40. The summed E-state index contributed by atoms with van der Waals surface area (Å²) in [5, 5.41) is 1.18. The van der Waals surface area contributed by atoms with Crippen LogP contribution in [0.15, 0.2) is 53.0 Å². The Morgan fingerprint density at radius 3 is 2.52 bits per heavy atom. The largest absolute Gasteiger partial charge is 0.241 e. The highest BCUT2D eigenvalue weighted by atomic mass is 79.9. The minimum atomic E-state index is 0.906. The first-order chi connectivity index (χ1) is 10.1. The number of halogens is 1. The summed E-state index contributed by atoms with van der Waals surface area (Å²) in [6, 6.07) is 17.0. The molecule has 0 aliphatic rings. The monoisotopic (exact) mass is 357 g/mol. The molecule has 0 atom stereocenters. The summed E-state index contributed by atoms with van der Waals surface area (Å²) < 4.78 is 1.10. The van der Waals surface area contributed by atoms with Crippen molar-refractivity contribution in [3.63, 3.8) is 0 Å². The molecular weight excluding hydrogens is 342 g/mol. The molecule has 0 N–H and O–H groups in total. The zero-order chi connectivity index (χ0) is 14.8. The van der Waals surface area contributed by atoms with E-state index in [0.29, 0.717) is 0 Å². The molecule has 0 unspecified atom stereocenters. The number of thiazole rings is 1. The van der Waals surface area contributed by atoms with E-state index in [0.717, 1.165) is 16.6 Å². The van der Waals surface area contributed by atoms with Crippen LogP contribution in [0.4, 0.5) is 0 Å². The van der Waals surface area contributed by atoms with Crippen molar-refractivity contribution in [3.8, 4) is 11.3 Å². The van der Waals surface area contributed by atoms with E-state index in [2.05, 4.69) is 78.3 Å². The van der Waals surface area contributed by atoms with Gasteiger partial charge in [-0.25, -0.2) is 4.98 Å². The second-order valence-electron chi connectivity index (χ2n) is 5.19. The molecule has 1 aromatic heterocycles. The molecule has 106 valence electrons. The minimum absolute atomic E-state index is 0.906. The number of hydrogen-bond acceptors (Lipinski definition) is 2. The van der Waals surface area contributed by atoms with Crippen molar-refractivity contribution in [1.82, 2.24) is 4.98 Å². The minimum Gasteiger partial charge on any atom is -0.241 e. The molecule has 0 fully saturated rings. The fourth-order valence-corrected chi connectivity index (χ4v) is 3.65. The average Bonchev–Trinajstić information content (AvgIpc) is 2.80. The highest BCUT2D eigenvalue weighted by Gasteiger charge is 2.10. The second-order valence-corrected chi connectivity index (χ2v) is 7.39. The van der Waals surface area contributed by atoms with E-state index >= 15 is 0 Å². The van der Waals surface area contributed by atoms with E-state index < -0.39 is 0 Å². The first kappa shape index (κ1) is 14.5. The van der Waals surface area contributed by atoms with Crippen LogP contribution in [0.2, 0.25) is 0 Å². The van der Waals surface area contributed by atoms with Gasteiger partial charge < -0.3 is 0 Å². The quantitative estimate of drug-likeness (QED) is 0.578. The van der Waals surface area contributed by atoms with Crippen LogP contribution in [0.1, 0.15) is 21.0 Å². The third kappa shape index (κ3) is 3.42. The summed E-state index contributed by atoms with van der Waals surface area (Å²) in [7, 11) is 0. The zero-order valence-electron chi connectivity index (χ0n) is 12.1. The van der Waals surface area contributed by atoms with Gasteiger partial charge in [-0.1, -0.05) is 57.9 Å². The van der Waals surface area contributed by atoms with Crippen LogP contribution < -0.4 is 0 Å². The van der Waals surface area contributed by atoms with Crippen molar-refractivity contribution in [1.29, 1.82) is 0 Å². The van der Waals surface area contributed by atoms with Gasteiger partial charge in [0.15, 0.2) is 0 Å². The fourth-order valence-electron chi connectivity index (χ4n) is 2.40. The first-order valence-corrected chi connectivity index (χ1v) is 8.50. The molecule has 0 aliphatic heterocycles. The molecule has 0 bridgehead atoms. The number of aryl methyl sites for hydroxylation is 2. The number of nitrogens with zero attached hydrogens (tertiary/aromatic N) is 1. The Balaban J connectivity index is 1.89. The van der Waals surface area contributed by atoms with Crippen LogP contribution in [-0.4, -0.2) is 4.98 Å². The van der Waals surface area contributed by atoms with Gasteiger partial charge >= 0.3 is 0 Å². The van der Waals surface area contributed by atoms with E-state index in [1.165, 1.54) is 26.6 Å². The van der Waals surface area contributed by atoms with Crippen LogP contribution in [0.25, 0.3) is 11.3 Å². The van der Waals surface area contributed by atoms with Crippen molar-refractivity contribution in [2.24, 2.45) is 0 Å². The molecule has 0 aliphatic carbocycles. The van der Waals surface area contributed by atoms with Crippen LogP contribution in [-0.2, 0) is 6.42 Å². The Bertz CT molecular complexity index is 759. The highest BCUT2D eigenvalue weighted by molar-refractivity contribution is 9.10. The predicted octanol–water partition coefficient (Wildman–Crippen LogP) is 5.78. The van der Waals surface area contributed by atoms with Crippen LogP contribution in [0, 0.1) is 13.8 Å². The third-order valence-corrected chi connectivity index (χ3v) is 4.90. The molecule has 21 heavy (non-hydrogen) atoms. The van der Waals surface area contributed by atoms with Gasteiger partial charge in [0.25, 0.3) is 0 Å². The van der Waals surface area contributed by atoms with Crippen molar-refractivity contribution in [2.75, 3.05) is 0 Å². The van der Waals surface area contributed by atoms with Gasteiger partial charge in [-0.3, -0.25) is 0 Å². The van der Waals surface area contributed by atoms with Gasteiger partial charge in [0, 0.05) is 21.3 Å². The predicted molar refractivity (Wildman–Crippen MR) is 94.0 cm³/mol. The lowest BCUT2D eigenvalue weighted by Crippen LogP contribution is -1.88. The maximum Gasteiger partial charge on any atom is 0.0979 e. The Hall–Kier alpha value is -1.45. The van der Waals surface area contributed by atoms with Gasteiger partial charge in [0.1, 0.15) is 0 Å².